The standard InChI is InChI=1S/C23H38N4O3/c1-17(2)15-27-20-7-6-18(24-16-23(29)8-4-3-5-9-23)14-19(20)21(25-27)22(28)26-10-12-30-13-11-26/h17-18,24,29H,3-16H2,1-2H3/t18-/m1/s1. The van der Waals surface area contributed by atoms with Crippen molar-refractivity contribution in [3.63, 3.8) is 0 Å². The van der Waals surface area contributed by atoms with Gasteiger partial charge in [0, 0.05) is 43.5 Å². The van der Waals surface area contributed by atoms with Gasteiger partial charge in [-0.3, -0.25) is 9.48 Å². The molecule has 168 valence electrons. The summed E-state index contributed by atoms with van der Waals surface area (Å²) in [5, 5.41) is 19.3. The van der Waals surface area contributed by atoms with E-state index in [1.165, 1.54) is 12.1 Å². The van der Waals surface area contributed by atoms with Crippen molar-refractivity contribution in [1.29, 1.82) is 0 Å². The predicted octanol–water partition coefficient (Wildman–Crippen LogP) is 2.15. The first-order valence-electron chi connectivity index (χ1n) is 11.9. The van der Waals surface area contributed by atoms with Crippen LogP contribution in [-0.4, -0.2) is 70.2 Å². The largest absolute Gasteiger partial charge is 0.389 e. The summed E-state index contributed by atoms with van der Waals surface area (Å²) in [6, 6.07) is 0.288. The van der Waals surface area contributed by atoms with Gasteiger partial charge in [-0.2, -0.15) is 5.10 Å². The van der Waals surface area contributed by atoms with Crippen molar-refractivity contribution in [2.75, 3.05) is 32.8 Å². The summed E-state index contributed by atoms with van der Waals surface area (Å²) < 4.78 is 7.50. The Kier molecular flexibility index (Phi) is 6.80. The highest BCUT2D eigenvalue weighted by Crippen LogP contribution is 2.30. The quantitative estimate of drug-likeness (QED) is 0.740. The monoisotopic (exact) mass is 418 g/mol. The first-order chi connectivity index (χ1) is 14.5. The fourth-order valence-corrected chi connectivity index (χ4v) is 5.17. The Morgan fingerprint density at radius 1 is 1.27 bits per heavy atom. The average Bonchev–Trinajstić information content (AvgIpc) is 3.10. The summed E-state index contributed by atoms with van der Waals surface area (Å²) in [7, 11) is 0. The van der Waals surface area contributed by atoms with Crippen LogP contribution in [0.3, 0.4) is 0 Å². The molecule has 7 nitrogen and oxygen atoms in total. The van der Waals surface area contributed by atoms with Crippen molar-refractivity contribution in [2.24, 2.45) is 5.92 Å². The average molecular weight is 419 g/mol. The molecule has 1 saturated carbocycles. The normalized spacial score (nSPS) is 24.1. The lowest BCUT2D eigenvalue weighted by Crippen LogP contribution is -2.47. The third-order valence-corrected chi connectivity index (χ3v) is 6.89. The highest BCUT2D eigenvalue weighted by molar-refractivity contribution is 5.94. The van der Waals surface area contributed by atoms with Crippen molar-refractivity contribution in [3.05, 3.63) is 17.0 Å². The number of nitrogens with one attached hydrogen (secondary N) is 1. The Morgan fingerprint density at radius 3 is 2.70 bits per heavy atom. The Balaban J connectivity index is 1.50. The van der Waals surface area contributed by atoms with E-state index in [9.17, 15) is 9.90 Å². The van der Waals surface area contributed by atoms with Crippen molar-refractivity contribution in [3.8, 4) is 0 Å². The zero-order valence-electron chi connectivity index (χ0n) is 18.7. The molecular weight excluding hydrogens is 380 g/mol. The maximum Gasteiger partial charge on any atom is 0.274 e. The van der Waals surface area contributed by atoms with Gasteiger partial charge in [0.15, 0.2) is 5.69 Å². The minimum absolute atomic E-state index is 0.0450. The number of morpholine rings is 1. The van der Waals surface area contributed by atoms with Crippen molar-refractivity contribution in [1.82, 2.24) is 20.0 Å². The molecule has 1 aromatic rings. The molecule has 1 saturated heterocycles. The van der Waals surface area contributed by atoms with E-state index in [4.69, 9.17) is 9.84 Å². The van der Waals surface area contributed by atoms with Crippen LogP contribution < -0.4 is 5.32 Å². The molecule has 3 aliphatic rings. The van der Waals surface area contributed by atoms with Crippen LogP contribution in [0.1, 0.15) is 74.1 Å². The Bertz CT molecular complexity index is 733. The smallest absolute Gasteiger partial charge is 0.274 e. The van der Waals surface area contributed by atoms with Crippen LogP contribution in [-0.2, 0) is 24.1 Å². The first-order valence-corrected chi connectivity index (χ1v) is 11.9. The number of aromatic nitrogens is 2. The molecule has 4 rings (SSSR count). The zero-order chi connectivity index (χ0) is 21.1. The third kappa shape index (κ3) is 4.89. The van der Waals surface area contributed by atoms with Gasteiger partial charge in [-0.25, -0.2) is 0 Å². The summed E-state index contributed by atoms with van der Waals surface area (Å²) in [4.78, 5) is 15.2. The van der Waals surface area contributed by atoms with E-state index >= 15 is 0 Å². The molecule has 0 unspecified atom stereocenters. The van der Waals surface area contributed by atoms with E-state index in [-0.39, 0.29) is 11.9 Å². The minimum atomic E-state index is -0.563. The summed E-state index contributed by atoms with van der Waals surface area (Å²) in [5.41, 5.74) is 2.42. The lowest BCUT2D eigenvalue weighted by atomic mass is 9.84. The van der Waals surface area contributed by atoms with Gasteiger partial charge in [0.2, 0.25) is 0 Å². The molecule has 7 heteroatoms. The highest BCUT2D eigenvalue weighted by atomic mass is 16.5. The van der Waals surface area contributed by atoms with Crippen LogP contribution >= 0.6 is 0 Å². The summed E-state index contributed by atoms with van der Waals surface area (Å²) in [6.45, 7) is 8.35. The van der Waals surface area contributed by atoms with Crippen LogP contribution in [0.5, 0.6) is 0 Å². The second-order valence-electron chi connectivity index (χ2n) is 9.86. The zero-order valence-corrected chi connectivity index (χ0v) is 18.7. The SMILES string of the molecule is CC(C)Cn1nc(C(=O)N2CCOCC2)c2c1CC[C@@H](NCC1(O)CCCCC1)C2. The van der Waals surface area contributed by atoms with Crippen LogP contribution in [0.2, 0.25) is 0 Å². The van der Waals surface area contributed by atoms with E-state index in [2.05, 4.69) is 23.8 Å². The van der Waals surface area contributed by atoms with Crippen LogP contribution in [0.25, 0.3) is 0 Å². The Morgan fingerprint density at radius 2 is 2.00 bits per heavy atom. The van der Waals surface area contributed by atoms with Gasteiger partial charge in [-0.15, -0.1) is 0 Å². The molecule has 1 atom stereocenters. The molecule has 1 amide bonds. The van der Waals surface area contributed by atoms with Crippen molar-refractivity contribution >= 4 is 5.91 Å². The maximum absolute atomic E-state index is 13.3. The van der Waals surface area contributed by atoms with Gasteiger partial charge in [0.1, 0.15) is 0 Å². The molecule has 0 bridgehead atoms. The molecule has 1 aliphatic heterocycles. The van der Waals surface area contributed by atoms with E-state index in [0.29, 0.717) is 44.5 Å². The molecule has 1 aromatic heterocycles. The highest BCUT2D eigenvalue weighted by Gasteiger charge is 2.34. The van der Waals surface area contributed by atoms with Gasteiger partial charge in [-0.05, 0) is 38.0 Å². The van der Waals surface area contributed by atoms with Gasteiger partial charge >= 0.3 is 0 Å². The number of nitrogens with zero attached hydrogens (tertiary/aromatic N) is 3. The predicted molar refractivity (Wildman–Crippen MR) is 116 cm³/mol. The topological polar surface area (TPSA) is 79.6 Å². The number of hydrogen-bond acceptors (Lipinski definition) is 5. The van der Waals surface area contributed by atoms with Crippen LogP contribution in [0.15, 0.2) is 0 Å². The number of rotatable bonds is 6. The number of hydrogen-bond donors (Lipinski definition) is 2. The third-order valence-electron chi connectivity index (χ3n) is 6.89. The molecule has 0 aromatic carbocycles. The molecule has 2 N–H and O–H groups in total. The van der Waals surface area contributed by atoms with Gasteiger partial charge < -0.3 is 20.1 Å². The molecule has 30 heavy (non-hydrogen) atoms. The second kappa shape index (κ2) is 9.37. The van der Waals surface area contributed by atoms with Crippen molar-refractivity contribution < 1.29 is 14.6 Å². The lowest BCUT2D eigenvalue weighted by molar-refractivity contribution is 0.00226. The van der Waals surface area contributed by atoms with E-state index in [1.807, 2.05) is 4.90 Å². The molecule has 2 fully saturated rings. The lowest BCUT2D eigenvalue weighted by Gasteiger charge is -2.35. The number of aliphatic hydroxyl groups is 1. The molecular formula is C23H38N4O3. The maximum atomic E-state index is 13.3. The Labute approximate surface area is 180 Å². The number of carbonyl (C=O) groups is 1. The van der Waals surface area contributed by atoms with Crippen LogP contribution in [0, 0.1) is 5.92 Å². The Hall–Kier alpha value is -1.44. The van der Waals surface area contributed by atoms with E-state index in [0.717, 1.165) is 57.1 Å². The van der Waals surface area contributed by atoms with E-state index in [1.54, 1.807) is 0 Å². The summed E-state index contributed by atoms with van der Waals surface area (Å²) >= 11 is 0. The number of carbonyl (C=O) groups excluding carboxylic acids is 1. The first kappa shape index (κ1) is 21.8. The number of amides is 1. The van der Waals surface area contributed by atoms with Gasteiger partial charge in [0.25, 0.3) is 5.91 Å². The number of fused-ring (bicyclic) bond motifs is 1. The van der Waals surface area contributed by atoms with E-state index < -0.39 is 5.60 Å². The summed E-state index contributed by atoms with van der Waals surface area (Å²) in [5.74, 6) is 0.528. The molecule has 2 heterocycles. The summed E-state index contributed by atoms with van der Waals surface area (Å²) in [6.07, 6.45) is 8.03. The molecule has 2 aliphatic carbocycles. The second-order valence-corrected chi connectivity index (χ2v) is 9.86. The van der Waals surface area contributed by atoms with Crippen molar-refractivity contribution in [2.45, 2.75) is 83.4 Å². The minimum Gasteiger partial charge on any atom is -0.389 e. The fourth-order valence-electron chi connectivity index (χ4n) is 5.17. The molecule has 0 spiro atoms. The molecule has 0 radical (unpaired) electrons. The van der Waals surface area contributed by atoms with Gasteiger partial charge in [-0.1, -0.05) is 33.1 Å². The fraction of sp³-hybridized carbons (Fsp3) is 0.826. The number of ether oxygens (including phenoxy) is 1. The van der Waals surface area contributed by atoms with Gasteiger partial charge in [0.05, 0.1) is 18.8 Å². The van der Waals surface area contributed by atoms with Crippen LogP contribution in [0.4, 0.5) is 0 Å².